The van der Waals surface area contributed by atoms with Gasteiger partial charge in [0, 0.05) is 22.5 Å². The first-order valence-corrected chi connectivity index (χ1v) is 10.8. The van der Waals surface area contributed by atoms with E-state index in [1.807, 2.05) is 38.1 Å². The van der Waals surface area contributed by atoms with E-state index in [-0.39, 0.29) is 5.54 Å². The molecule has 0 bridgehead atoms. The molecule has 0 spiro atoms. The lowest BCUT2D eigenvalue weighted by Crippen LogP contribution is -2.31. The standard InChI is InChI=1S/C20H21N3OS2/c1-5-24-13-9-10-15-14(11-13)17-18(20(3,4)23-15)25-26-19(17)22-16-8-6-7-12(2)21-16/h6-11,23H,5H2,1-4H3/b22-19-. The van der Waals surface area contributed by atoms with Gasteiger partial charge in [-0.05, 0) is 58.0 Å². The lowest BCUT2D eigenvalue weighted by Gasteiger charge is -2.33. The zero-order valence-electron chi connectivity index (χ0n) is 15.3. The summed E-state index contributed by atoms with van der Waals surface area (Å²) in [6.07, 6.45) is 0. The molecule has 3 heterocycles. The Morgan fingerprint density at radius 1 is 1.19 bits per heavy atom. The Balaban J connectivity index is 1.95. The number of anilines is 1. The van der Waals surface area contributed by atoms with Gasteiger partial charge >= 0.3 is 0 Å². The second-order valence-electron chi connectivity index (χ2n) is 6.82. The van der Waals surface area contributed by atoms with Crippen LogP contribution in [0.5, 0.6) is 5.75 Å². The minimum atomic E-state index is -0.134. The molecule has 0 fully saturated rings. The number of rotatable bonds is 3. The summed E-state index contributed by atoms with van der Waals surface area (Å²) in [5.74, 6) is 1.63. The average molecular weight is 384 g/mol. The number of nitrogens with zero attached hydrogens (tertiary/aromatic N) is 2. The van der Waals surface area contributed by atoms with Crippen molar-refractivity contribution in [3.8, 4) is 16.9 Å². The minimum absolute atomic E-state index is 0.134. The number of pyridine rings is 1. The van der Waals surface area contributed by atoms with Crippen LogP contribution in [0.2, 0.25) is 0 Å². The molecule has 6 heteroatoms. The minimum Gasteiger partial charge on any atom is -0.494 e. The van der Waals surface area contributed by atoms with Crippen LogP contribution >= 0.6 is 20.7 Å². The molecular formula is C20H21N3OS2. The molecule has 0 radical (unpaired) electrons. The van der Waals surface area contributed by atoms with Crippen LogP contribution in [-0.4, -0.2) is 11.6 Å². The molecule has 4 rings (SSSR count). The molecule has 4 nitrogen and oxygen atoms in total. The fourth-order valence-corrected chi connectivity index (χ4v) is 6.10. The molecule has 134 valence electrons. The van der Waals surface area contributed by atoms with Crippen molar-refractivity contribution in [2.45, 2.75) is 33.2 Å². The summed E-state index contributed by atoms with van der Waals surface area (Å²) in [5.41, 5.74) is 4.30. The highest BCUT2D eigenvalue weighted by Crippen LogP contribution is 2.46. The summed E-state index contributed by atoms with van der Waals surface area (Å²) < 4.78 is 6.73. The fraction of sp³-hybridized carbons (Fsp3) is 0.300. The molecule has 0 aliphatic carbocycles. The van der Waals surface area contributed by atoms with E-state index >= 15 is 0 Å². The van der Waals surface area contributed by atoms with Gasteiger partial charge < -0.3 is 10.1 Å². The van der Waals surface area contributed by atoms with Crippen molar-refractivity contribution in [3.05, 3.63) is 51.6 Å². The third-order valence-electron chi connectivity index (χ3n) is 4.32. The molecule has 1 N–H and O–H groups in total. The second kappa shape index (κ2) is 6.52. The van der Waals surface area contributed by atoms with E-state index in [4.69, 9.17) is 9.73 Å². The average Bonchev–Trinajstić information content (AvgIpc) is 3.01. The maximum atomic E-state index is 5.73. The third kappa shape index (κ3) is 3.04. The summed E-state index contributed by atoms with van der Waals surface area (Å²) in [5, 5.41) is 3.65. The zero-order chi connectivity index (χ0) is 18.3. The molecule has 1 aliphatic rings. The van der Waals surface area contributed by atoms with Crippen molar-refractivity contribution in [1.82, 2.24) is 4.98 Å². The Morgan fingerprint density at radius 2 is 2.04 bits per heavy atom. The van der Waals surface area contributed by atoms with Crippen LogP contribution in [0.1, 0.15) is 31.3 Å². The van der Waals surface area contributed by atoms with Crippen LogP contribution in [0.4, 0.5) is 11.5 Å². The number of aromatic nitrogens is 1. The monoisotopic (exact) mass is 383 g/mol. The number of nitrogens with one attached hydrogen (secondary N) is 1. The van der Waals surface area contributed by atoms with E-state index in [9.17, 15) is 0 Å². The van der Waals surface area contributed by atoms with E-state index in [0.29, 0.717) is 6.61 Å². The van der Waals surface area contributed by atoms with Gasteiger partial charge in [0.15, 0.2) is 5.82 Å². The van der Waals surface area contributed by atoms with Gasteiger partial charge in [-0.2, -0.15) is 0 Å². The molecular weight excluding hydrogens is 362 g/mol. The number of fused-ring (bicyclic) bond motifs is 3. The van der Waals surface area contributed by atoms with E-state index in [0.717, 1.165) is 33.2 Å². The van der Waals surface area contributed by atoms with Gasteiger partial charge in [0.05, 0.1) is 17.0 Å². The van der Waals surface area contributed by atoms with Crippen molar-refractivity contribution in [3.63, 3.8) is 0 Å². The van der Waals surface area contributed by atoms with Crippen LogP contribution in [0.25, 0.3) is 11.1 Å². The number of hydrogen-bond acceptors (Lipinski definition) is 6. The Labute approximate surface area is 160 Å². The van der Waals surface area contributed by atoms with Gasteiger partial charge in [0.25, 0.3) is 0 Å². The molecule has 0 unspecified atom stereocenters. The first-order valence-electron chi connectivity index (χ1n) is 8.65. The smallest absolute Gasteiger partial charge is 0.153 e. The van der Waals surface area contributed by atoms with Crippen LogP contribution in [0, 0.1) is 6.92 Å². The first kappa shape index (κ1) is 17.2. The third-order valence-corrected chi connectivity index (χ3v) is 6.96. The lowest BCUT2D eigenvalue weighted by atomic mass is 9.90. The molecule has 0 amide bonds. The van der Waals surface area contributed by atoms with Crippen molar-refractivity contribution >= 4 is 32.2 Å². The molecule has 2 aromatic heterocycles. The zero-order valence-corrected chi connectivity index (χ0v) is 16.9. The highest BCUT2D eigenvalue weighted by Gasteiger charge is 2.33. The Hall–Kier alpha value is -2.18. The summed E-state index contributed by atoms with van der Waals surface area (Å²) in [4.78, 5) is 10.7. The molecule has 1 aromatic carbocycles. The summed E-state index contributed by atoms with van der Waals surface area (Å²) in [6.45, 7) is 9.07. The highest BCUT2D eigenvalue weighted by molar-refractivity contribution is 7.68. The number of aryl methyl sites for hydroxylation is 1. The van der Waals surface area contributed by atoms with Gasteiger partial charge in [0.1, 0.15) is 10.4 Å². The van der Waals surface area contributed by atoms with Crippen LogP contribution in [0.3, 0.4) is 0 Å². The van der Waals surface area contributed by atoms with Gasteiger partial charge in [0.2, 0.25) is 0 Å². The van der Waals surface area contributed by atoms with Gasteiger partial charge in [-0.1, -0.05) is 26.7 Å². The number of hydrogen-bond donors (Lipinski definition) is 1. The van der Waals surface area contributed by atoms with Gasteiger partial charge in [-0.15, -0.1) is 0 Å². The first-order chi connectivity index (χ1) is 12.5. The molecule has 26 heavy (non-hydrogen) atoms. The van der Waals surface area contributed by atoms with E-state index < -0.39 is 0 Å². The maximum Gasteiger partial charge on any atom is 0.153 e. The molecule has 0 atom stereocenters. The Bertz CT molecular complexity index is 1030. The summed E-state index contributed by atoms with van der Waals surface area (Å²) in [6, 6.07) is 12.2. The normalized spacial score (nSPS) is 15.2. The van der Waals surface area contributed by atoms with Crippen molar-refractivity contribution in [2.24, 2.45) is 4.99 Å². The summed E-state index contributed by atoms with van der Waals surface area (Å²) in [7, 11) is 3.49. The molecule has 1 aliphatic heterocycles. The SMILES string of the molecule is CCOc1ccc2c(c1)-c1c(ss/c1=N\c1cccc(C)n1)C(C)(C)N2. The van der Waals surface area contributed by atoms with Crippen molar-refractivity contribution in [1.29, 1.82) is 0 Å². The number of benzene rings is 1. The largest absolute Gasteiger partial charge is 0.494 e. The summed E-state index contributed by atoms with van der Waals surface area (Å²) >= 11 is 0. The van der Waals surface area contributed by atoms with Gasteiger partial charge in [-0.3, -0.25) is 0 Å². The fourth-order valence-electron chi connectivity index (χ4n) is 3.17. The second-order valence-corrected chi connectivity index (χ2v) is 8.94. The predicted octanol–water partition coefficient (Wildman–Crippen LogP) is 5.47. The van der Waals surface area contributed by atoms with Crippen LogP contribution in [0.15, 0.2) is 41.4 Å². The number of ether oxygens (including phenoxy) is 1. The van der Waals surface area contributed by atoms with Crippen molar-refractivity contribution < 1.29 is 4.74 Å². The van der Waals surface area contributed by atoms with E-state index in [1.165, 1.54) is 10.4 Å². The molecule has 0 saturated carbocycles. The Kier molecular flexibility index (Phi) is 4.32. The Morgan fingerprint density at radius 3 is 2.81 bits per heavy atom. The maximum absolute atomic E-state index is 5.73. The topological polar surface area (TPSA) is 46.5 Å². The van der Waals surface area contributed by atoms with Crippen LogP contribution in [-0.2, 0) is 5.54 Å². The van der Waals surface area contributed by atoms with E-state index in [2.05, 4.69) is 36.3 Å². The van der Waals surface area contributed by atoms with E-state index in [1.54, 1.807) is 20.7 Å². The van der Waals surface area contributed by atoms with Crippen LogP contribution < -0.4 is 14.7 Å². The van der Waals surface area contributed by atoms with Gasteiger partial charge in [-0.25, -0.2) is 9.98 Å². The quantitative estimate of drug-likeness (QED) is 0.610. The van der Waals surface area contributed by atoms with Crippen molar-refractivity contribution in [2.75, 3.05) is 11.9 Å². The molecule has 3 aromatic rings. The highest BCUT2D eigenvalue weighted by atomic mass is 32.9. The molecule has 0 saturated heterocycles. The predicted molar refractivity (Wildman–Crippen MR) is 110 cm³/mol. The lowest BCUT2D eigenvalue weighted by molar-refractivity contribution is 0.340.